The van der Waals surface area contributed by atoms with Crippen LogP contribution in [-0.2, 0) is 9.53 Å². The number of hydrogen-bond donors (Lipinski definition) is 1. The number of fused-ring (bicyclic) bond motifs is 1. The molecule has 0 bridgehead atoms. The van der Waals surface area contributed by atoms with Crippen molar-refractivity contribution in [3.05, 3.63) is 0 Å². The molecule has 7 nitrogen and oxygen atoms in total. The molecule has 1 N–H and O–H groups in total. The van der Waals surface area contributed by atoms with Crippen molar-refractivity contribution in [3.63, 3.8) is 0 Å². The van der Waals surface area contributed by atoms with Gasteiger partial charge in [0.1, 0.15) is 6.54 Å². The minimum atomic E-state index is 0. The van der Waals surface area contributed by atoms with Crippen molar-refractivity contribution in [2.45, 2.75) is 57.5 Å². The Morgan fingerprint density at radius 1 is 1.21 bits per heavy atom. The third-order valence-corrected chi connectivity index (χ3v) is 6.24. The van der Waals surface area contributed by atoms with E-state index >= 15 is 0 Å². The van der Waals surface area contributed by atoms with Gasteiger partial charge < -0.3 is 19.9 Å². The molecule has 1 saturated carbocycles. The first-order chi connectivity index (χ1) is 13.6. The molecule has 8 heteroatoms. The summed E-state index contributed by atoms with van der Waals surface area (Å²) in [4.78, 5) is 23.5. The van der Waals surface area contributed by atoms with E-state index < -0.39 is 0 Å². The van der Waals surface area contributed by atoms with Gasteiger partial charge >= 0.3 is 0 Å². The number of ether oxygens (including phenoxy) is 1. The van der Waals surface area contributed by atoms with Crippen molar-refractivity contribution in [1.29, 1.82) is 0 Å². The number of carbonyl (C=O) groups is 1. The van der Waals surface area contributed by atoms with Crippen LogP contribution in [0.15, 0.2) is 4.99 Å². The lowest BCUT2D eigenvalue weighted by molar-refractivity contribution is -0.127. The second-order valence-corrected chi connectivity index (χ2v) is 8.58. The van der Waals surface area contributed by atoms with E-state index in [1.165, 1.54) is 38.6 Å². The quantitative estimate of drug-likeness (QED) is 0.229. The smallest absolute Gasteiger partial charge is 0.243 e. The minimum Gasteiger partial charge on any atom is -0.382 e. The Hall–Kier alpha value is -0.610. The number of carbonyl (C=O) groups excluding carboxylic acids is 1. The highest BCUT2D eigenvalue weighted by Gasteiger charge is 2.42. The fourth-order valence-electron chi connectivity index (χ4n) is 4.56. The molecule has 0 spiro atoms. The average Bonchev–Trinajstić information content (AvgIpc) is 3.54. The molecule has 2 unspecified atom stereocenters. The molecule has 1 amide bonds. The number of halogens is 1. The van der Waals surface area contributed by atoms with Crippen molar-refractivity contribution >= 4 is 35.8 Å². The second-order valence-electron chi connectivity index (χ2n) is 8.58. The van der Waals surface area contributed by atoms with Gasteiger partial charge in [-0.1, -0.05) is 0 Å². The number of nitrogens with one attached hydrogen (secondary N) is 1. The summed E-state index contributed by atoms with van der Waals surface area (Å²) in [6.45, 7) is 7.94. The summed E-state index contributed by atoms with van der Waals surface area (Å²) in [5, 5.41) is 3.50. The summed E-state index contributed by atoms with van der Waals surface area (Å²) in [6.07, 6.45) is 7.59. The summed E-state index contributed by atoms with van der Waals surface area (Å²) >= 11 is 0. The van der Waals surface area contributed by atoms with E-state index in [4.69, 9.17) is 4.74 Å². The predicted octanol–water partition coefficient (Wildman–Crippen LogP) is 2.01. The van der Waals surface area contributed by atoms with Crippen LogP contribution < -0.4 is 5.32 Å². The topological polar surface area (TPSA) is 60.4 Å². The Labute approximate surface area is 193 Å². The molecule has 0 aromatic carbocycles. The van der Waals surface area contributed by atoms with Crippen molar-refractivity contribution in [1.82, 2.24) is 20.0 Å². The van der Waals surface area contributed by atoms with Gasteiger partial charge in [-0.05, 0) is 57.9 Å². The molecule has 2 atom stereocenters. The van der Waals surface area contributed by atoms with Crippen molar-refractivity contribution < 1.29 is 9.53 Å². The van der Waals surface area contributed by atoms with Crippen LogP contribution in [0.1, 0.15) is 45.4 Å². The summed E-state index contributed by atoms with van der Waals surface area (Å²) < 4.78 is 5.44. The molecule has 0 aromatic rings. The van der Waals surface area contributed by atoms with E-state index in [-0.39, 0.29) is 36.4 Å². The minimum absolute atomic E-state index is 0. The Morgan fingerprint density at radius 3 is 2.69 bits per heavy atom. The number of rotatable bonds is 8. The van der Waals surface area contributed by atoms with Crippen molar-refractivity contribution in [3.8, 4) is 0 Å². The number of aliphatic imine (C=N–C) groups is 1. The first-order valence-electron chi connectivity index (χ1n) is 11.2. The number of hydrogen-bond acceptors (Lipinski definition) is 4. The fraction of sp³-hybridized carbons (Fsp3) is 0.905. The Balaban J connectivity index is 0.00000300. The zero-order valence-electron chi connectivity index (χ0n) is 18.4. The normalized spacial score (nSPS) is 25.2. The Bertz CT molecular complexity index is 541. The fourth-order valence-corrected chi connectivity index (χ4v) is 4.56. The highest BCUT2D eigenvalue weighted by atomic mass is 127. The van der Waals surface area contributed by atoms with Crippen molar-refractivity contribution in [2.75, 3.05) is 60.0 Å². The van der Waals surface area contributed by atoms with E-state index in [2.05, 4.69) is 20.1 Å². The van der Waals surface area contributed by atoms with Crippen LogP contribution in [0.5, 0.6) is 0 Å². The molecule has 168 valence electrons. The number of amides is 1. The van der Waals surface area contributed by atoms with E-state index in [0.29, 0.717) is 0 Å². The molecule has 29 heavy (non-hydrogen) atoms. The molecule has 0 radical (unpaired) electrons. The van der Waals surface area contributed by atoms with Gasteiger partial charge in [-0.25, -0.2) is 4.99 Å². The van der Waals surface area contributed by atoms with Crippen LogP contribution in [0.2, 0.25) is 0 Å². The lowest BCUT2D eigenvalue weighted by atomic mass is 9.83. The zero-order valence-corrected chi connectivity index (χ0v) is 20.8. The SMILES string of the molecule is CCOCCCNC(=NCC(=O)N(C)C)N1CCC2C(CCCN2C2CC2)C1.I. The van der Waals surface area contributed by atoms with E-state index in [0.717, 1.165) is 63.2 Å². The van der Waals surface area contributed by atoms with Gasteiger partial charge in [-0.2, -0.15) is 0 Å². The molecule has 3 rings (SSSR count). The van der Waals surface area contributed by atoms with Gasteiger partial charge in [0.05, 0.1) is 0 Å². The van der Waals surface area contributed by atoms with E-state index in [9.17, 15) is 4.79 Å². The van der Waals surface area contributed by atoms with Crippen LogP contribution in [0.4, 0.5) is 0 Å². The standard InChI is InChI=1S/C21H39N5O2.HI/c1-4-28-14-6-11-22-21(23-15-20(27)24(2)3)25-13-10-19-17(16-25)7-5-12-26(19)18-8-9-18;/h17-19H,4-16H2,1-3H3,(H,22,23);1H. The van der Waals surface area contributed by atoms with Crippen molar-refractivity contribution in [2.24, 2.45) is 10.9 Å². The summed E-state index contributed by atoms with van der Waals surface area (Å²) in [5.41, 5.74) is 0. The molecule has 1 aliphatic carbocycles. The maximum absolute atomic E-state index is 12.0. The molecule has 0 aromatic heterocycles. The molecular weight excluding hydrogens is 481 g/mol. The first kappa shape index (κ1) is 24.7. The molecule has 2 saturated heterocycles. The second kappa shape index (κ2) is 12.3. The van der Waals surface area contributed by atoms with Gasteiger partial charge in [-0.15, -0.1) is 24.0 Å². The lowest BCUT2D eigenvalue weighted by Gasteiger charge is -2.48. The monoisotopic (exact) mass is 521 g/mol. The zero-order chi connectivity index (χ0) is 19.9. The number of nitrogens with zero attached hydrogens (tertiary/aromatic N) is 4. The highest BCUT2D eigenvalue weighted by Crippen LogP contribution is 2.38. The molecule has 2 heterocycles. The molecule has 2 aliphatic heterocycles. The molecule has 3 fully saturated rings. The molecule has 3 aliphatic rings. The van der Waals surface area contributed by atoms with Crippen LogP contribution in [0.25, 0.3) is 0 Å². The number of piperidine rings is 2. The van der Waals surface area contributed by atoms with Gasteiger partial charge in [0.25, 0.3) is 0 Å². The van der Waals surface area contributed by atoms with E-state index in [1.807, 2.05) is 6.92 Å². The van der Waals surface area contributed by atoms with Crippen LogP contribution in [0, 0.1) is 5.92 Å². The third kappa shape index (κ3) is 7.24. The Kier molecular flexibility index (Phi) is 10.5. The van der Waals surface area contributed by atoms with Crippen LogP contribution >= 0.6 is 24.0 Å². The third-order valence-electron chi connectivity index (χ3n) is 6.24. The molecular formula is C21H40IN5O2. The maximum atomic E-state index is 12.0. The summed E-state index contributed by atoms with van der Waals surface area (Å²) in [6, 6.07) is 1.61. The summed E-state index contributed by atoms with van der Waals surface area (Å²) in [5.74, 6) is 1.66. The largest absolute Gasteiger partial charge is 0.382 e. The summed E-state index contributed by atoms with van der Waals surface area (Å²) in [7, 11) is 3.57. The highest BCUT2D eigenvalue weighted by molar-refractivity contribution is 14.0. The number of likely N-dealkylation sites (N-methyl/N-ethyl adjacent to an activating group) is 1. The maximum Gasteiger partial charge on any atom is 0.243 e. The van der Waals surface area contributed by atoms with Crippen LogP contribution in [-0.4, -0.2) is 98.7 Å². The van der Waals surface area contributed by atoms with Gasteiger partial charge in [0.15, 0.2) is 5.96 Å². The average molecular weight is 521 g/mol. The number of guanidine groups is 1. The van der Waals surface area contributed by atoms with E-state index in [1.54, 1.807) is 19.0 Å². The lowest BCUT2D eigenvalue weighted by Crippen LogP contribution is -2.57. The predicted molar refractivity (Wildman–Crippen MR) is 128 cm³/mol. The first-order valence-corrected chi connectivity index (χ1v) is 11.2. The van der Waals surface area contributed by atoms with Gasteiger partial charge in [0, 0.05) is 59.0 Å². The Morgan fingerprint density at radius 2 is 2.00 bits per heavy atom. The van der Waals surface area contributed by atoms with Gasteiger partial charge in [0.2, 0.25) is 5.91 Å². The number of likely N-dealkylation sites (tertiary alicyclic amines) is 2. The van der Waals surface area contributed by atoms with Gasteiger partial charge in [-0.3, -0.25) is 9.69 Å². The van der Waals surface area contributed by atoms with Crippen LogP contribution in [0.3, 0.4) is 0 Å².